The molecule has 6 aromatic rings. The van der Waals surface area contributed by atoms with E-state index in [-0.39, 0.29) is 53.5 Å². The third-order valence-electron chi connectivity index (χ3n) is 5.49. The van der Waals surface area contributed by atoms with E-state index in [1.165, 1.54) is 16.7 Å². The predicted molar refractivity (Wildman–Crippen MR) is 186 cm³/mol. The largest absolute Gasteiger partial charge is 1.00 e. The molecule has 2 heterocycles. The van der Waals surface area contributed by atoms with Crippen molar-refractivity contribution in [1.82, 2.24) is 19.5 Å². The van der Waals surface area contributed by atoms with Crippen LogP contribution in [0.15, 0.2) is 146 Å². The van der Waals surface area contributed by atoms with Crippen LogP contribution < -0.4 is 53.5 Å². The summed E-state index contributed by atoms with van der Waals surface area (Å²) in [5, 5.41) is 0.952. The monoisotopic (exact) mass is 869 g/mol. The van der Waals surface area contributed by atoms with Crippen LogP contribution in [0.5, 0.6) is 0 Å². The van der Waals surface area contributed by atoms with Gasteiger partial charge in [-0.3, -0.25) is 0 Å². The quantitative estimate of drug-likeness (QED) is 0.126. The van der Waals surface area contributed by atoms with E-state index >= 15 is 0 Å². The van der Waals surface area contributed by atoms with Gasteiger partial charge in [0.25, 0.3) is 0 Å². The van der Waals surface area contributed by atoms with Gasteiger partial charge in [-0.2, -0.15) is 31.5 Å². The normalized spacial score (nSPS) is 9.12. The molecular formula is C32H31BBrI2N4NaP. The average molecular weight is 870 g/mol. The number of H-pyrrole nitrogens is 1. The smallest absolute Gasteiger partial charge is 1.00 e. The number of nitrogens with zero attached hydrogens (tertiary/aromatic N) is 3. The molecule has 4 nitrogen and oxygen atoms in total. The van der Waals surface area contributed by atoms with Gasteiger partial charge in [0.1, 0.15) is 0 Å². The van der Waals surface area contributed by atoms with Crippen LogP contribution in [-0.4, -0.2) is 24.4 Å². The third-order valence-corrected chi connectivity index (χ3v) is 6.14. The summed E-state index contributed by atoms with van der Waals surface area (Å²) in [5.74, 6) is 0. The van der Waals surface area contributed by atoms with E-state index in [1.807, 2.05) is 90.2 Å². The first-order valence-corrected chi connectivity index (χ1v) is 15.6. The first-order valence-electron chi connectivity index (χ1n) is 12.6. The Morgan fingerprint density at radius 1 is 0.762 bits per heavy atom. The number of halogens is 3. The standard InChI is InChI=1S/C16H14N2.C9H8N2.C7H7Br.BH2IP.HI.Na/c1-3-7-14(8-4-1)11-18-12-16(17-13-18)15-9-5-2-6-10-15;1-2-4-8(5-3-1)9-6-10-7-11-9;8-6-7-4-2-1-3-5-7;2-1-3;;/h1-10,12-13H,11H2;1-7H,(H,10,11);1-5H,6H2;3H2;1H;/q;;;;;+1/p-1. The molecular weight excluding hydrogens is 839 g/mol. The maximum Gasteiger partial charge on any atom is 1.00 e. The molecule has 1 unspecified atom stereocenters. The molecule has 209 valence electrons. The van der Waals surface area contributed by atoms with Crippen molar-refractivity contribution in [1.29, 1.82) is 0 Å². The Hall–Kier alpha value is -1.27. The van der Waals surface area contributed by atoms with Gasteiger partial charge in [-0.05, 0) is 16.7 Å². The van der Waals surface area contributed by atoms with Crippen LogP contribution in [0.1, 0.15) is 11.1 Å². The Kier molecular flexibility index (Phi) is 22.2. The fraction of sp³-hybridized carbons (Fsp3) is 0.0625. The Morgan fingerprint density at radius 3 is 1.69 bits per heavy atom. The van der Waals surface area contributed by atoms with Gasteiger partial charge in [0, 0.05) is 23.6 Å². The molecule has 42 heavy (non-hydrogen) atoms. The Morgan fingerprint density at radius 2 is 1.24 bits per heavy atom. The third kappa shape index (κ3) is 15.0. The second-order valence-electron chi connectivity index (χ2n) is 8.36. The summed E-state index contributed by atoms with van der Waals surface area (Å²) < 4.78 is 2.11. The molecule has 0 aliphatic carbocycles. The van der Waals surface area contributed by atoms with E-state index in [4.69, 9.17) is 0 Å². The summed E-state index contributed by atoms with van der Waals surface area (Å²) in [6.45, 7) is 0.862. The number of nitrogens with one attached hydrogen (secondary N) is 1. The maximum absolute atomic E-state index is 4.45. The zero-order valence-corrected chi connectivity index (χ0v) is 32.5. The topological polar surface area (TPSA) is 46.5 Å². The first kappa shape index (κ1) is 38.8. The van der Waals surface area contributed by atoms with Crippen LogP contribution in [-0.2, 0) is 11.9 Å². The van der Waals surface area contributed by atoms with Crippen molar-refractivity contribution in [2.24, 2.45) is 0 Å². The van der Waals surface area contributed by atoms with Crippen molar-refractivity contribution < 1.29 is 53.5 Å². The number of rotatable bonds is 5. The summed E-state index contributed by atoms with van der Waals surface area (Å²) in [6.07, 6.45) is 7.47. The molecule has 1 radical (unpaired) electrons. The van der Waals surface area contributed by atoms with Crippen LogP contribution >= 0.6 is 47.4 Å². The molecule has 6 rings (SSSR count). The SMILES string of the molecule is BrCc1ccccc1.P[B]I.[I-].[Na+].c1ccc(-c2cnc[nH]2)cc1.c1ccc(Cn2cnc(-c3ccccc3)c2)cc1. The summed E-state index contributed by atoms with van der Waals surface area (Å²) >= 11 is 5.48. The second-order valence-corrected chi connectivity index (χ2v) is 11.3. The molecule has 0 saturated heterocycles. The van der Waals surface area contributed by atoms with Crippen molar-refractivity contribution in [3.05, 3.63) is 158 Å². The minimum absolute atomic E-state index is 0. The number of aromatic amines is 1. The molecule has 0 fully saturated rings. The van der Waals surface area contributed by atoms with Crippen LogP contribution in [0.4, 0.5) is 0 Å². The molecule has 0 amide bonds. The van der Waals surface area contributed by atoms with Gasteiger partial charge in [0.2, 0.25) is 4.86 Å². The molecule has 4 aromatic carbocycles. The van der Waals surface area contributed by atoms with Gasteiger partial charge in [0.05, 0.1) is 30.2 Å². The average Bonchev–Trinajstić information content (AvgIpc) is 3.74. The van der Waals surface area contributed by atoms with E-state index in [2.05, 4.69) is 122 Å². The number of benzene rings is 4. The van der Waals surface area contributed by atoms with Gasteiger partial charge < -0.3 is 33.5 Å². The Labute approximate surface area is 313 Å². The molecule has 1 N–H and O–H groups in total. The van der Waals surface area contributed by atoms with Crippen LogP contribution in [0.2, 0.25) is 0 Å². The molecule has 0 aliphatic heterocycles. The molecule has 0 aliphatic rings. The van der Waals surface area contributed by atoms with Crippen LogP contribution in [0, 0.1) is 0 Å². The summed E-state index contributed by atoms with van der Waals surface area (Å²) in [7, 11) is 2.44. The van der Waals surface area contributed by atoms with Gasteiger partial charge in [0.15, 0.2) is 0 Å². The molecule has 2 aromatic heterocycles. The maximum atomic E-state index is 4.45. The summed E-state index contributed by atoms with van der Waals surface area (Å²) in [4.78, 5) is 13.3. The molecule has 0 spiro atoms. The van der Waals surface area contributed by atoms with E-state index in [0.717, 1.165) is 28.8 Å². The number of aromatic nitrogens is 4. The van der Waals surface area contributed by atoms with E-state index in [9.17, 15) is 0 Å². The molecule has 0 saturated carbocycles. The summed E-state index contributed by atoms with van der Waals surface area (Å²) in [5.41, 5.74) is 7.02. The first-order chi connectivity index (χ1) is 19.7. The van der Waals surface area contributed by atoms with E-state index in [1.54, 1.807) is 6.33 Å². The van der Waals surface area contributed by atoms with Crippen molar-refractivity contribution in [2.75, 3.05) is 0 Å². The van der Waals surface area contributed by atoms with Crippen LogP contribution in [0.25, 0.3) is 22.5 Å². The summed E-state index contributed by atoms with van der Waals surface area (Å²) in [6, 6.07) is 41.0. The number of hydrogen-bond acceptors (Lipinski definition) is 2. The van der Waals surface area contributed by atoms with Gasteiger partial charge >= 0.3 is 29.6 Å². The number of imidazole rings is 2. The minimum atomic E-state index is 0. The molecule has 0 bridgehead atoms. The Bertz CT molecular complexity index is 1450. The molecule has 10 heteroatoms. The zero-order chi connectivity index (χ0) is 28.3. The van der Waals surface area contributed by atoms with Crippen LogP contribution in [0.3, 0.4) is 0 Å². The number of hydrogen-bond donors (Lipinski definition) is 1. The van der Waals surface area contributed by atoms with Crippen molar-refractivity contribution in [3.63, 3.8) is 0 Å². The minimum Gasteiger partial charge on any atom is -1.00 e. The fourth-order valence-corrected chi connectivity index (χ4v) is 3.97. The van der Waals surface area contributed by atoms with Crippen molar-refractivity contribution in [2.45, 2.75) is 11.9 Å². The Balaban J connectivity index is 0.000000316. The van der Waals surface area contributed by atoms with E-state index < -0.39 is 0 Å². The zero-order valence-electron chi connectivity index (χ0n) is 23.4. The second kappa shape index (κ2) is 24.1. The van der Waals surface area contributed by atoms with Gasteiger partial charge in [-0.15, -0.1) is 0 Å². The van der Waals surface area contributed by atoms with E-state index in [0.29, 0.717) is 0 Å². The van der Waals surface area contributed by atoms with Crippen molar-refractivity contribution >= 4 is 52.3 Å². The number of alkyl halides is 1. The van der Waals surface area contributed by atoms with Gasteiger partial charge in [-0.25, -0.2) is 9.97 Å². The predicted octanol–water partition coefficient (Wildman–Crippen LogP) is 3.10. The fourth-order valence-electron chi connectivity index (χ4n) is 3.60. The van der Waals surface area contributed by atoms with Crippen molar-refractivity contribution in [3.8, 4) is 22.5 Å². The molecule has 1 atom stereocenters. The van der Waals surface area contributed by atoms with Gasteiger partial charge in [-0.1, -0.05) is 137 Å².